The van der Waals surface area contributed by atoms with Gasteiger partial charge < -0.3 is 15.0 Å². The van der Waals surface area contributed by atoms with Crippen LogP contribution in [0, 0.1) is 5.92 Å². The summed E-state index contributed by atoms with van der Waals surface area (Å²) in [5.41, 5.74) is 2.99. The van der Waals surface area contributed by atoms with Crippen LogP contribution in [0.5, 0.6) is 5.75 Å². The van der Waals surface area contributed by atoms with Gasteiger partial charge in [-0.15, -0.1) is 11.3 Å². The van der Waals surface area contributed by atoms with Gasteiger partial charge in [-0.1, -0.05) is 0 Å². The Hall–Kier alpha value is -3.20. The predicted molar refractivity (Wildman–Crippen MR) is 127 cm³/mol. The van der Waals surface area contributed by atoms with E-state index in [0.717, 1.165) is 51.9 Å². The van der Waals surface area contributed by atoms with Crippen LogP contribution in [0.1, 0.15) is 30.7 Å². The van der Waals surface area contributed by atoms with Crippen molar-refractivity contribution in [1.82, 2.24) is 25.1 Å². The van der Waals surface area contributed by atoms with E-state index in [1.165, 1.54) is 10.4 Å². The fourth-order valence-corrected chi connectivity index (χ4v) is 5.59. The Labute approximate surface area is 190 Å². The number of nitrogens with zero attached hydrogens (tertiary/aromatic N) is 4. The number of hydrogen-bond acceptors (Lipinski definition) is 7. The molecule has 1 aromatic carbocycles. The molecule has 3 aromatic heterocycles. The number of hydrogen-bond donors (Lipinski definition) is 2. The molecule has 1 unspecified atom stereocenters. The van der Waals surface area contributed by atoms with Crippen LogP contribution in [0.15, 0.2) is 24.7 Å². The summed E-state index contributed by atoms with van der Waals surface area (Å²) in [5, 5.41) is 12.6. The first-order valence-corrected chi connectivity index (χ1v) is 11.6. The van der Waals surface area contributed by atoms with Crippen LogP contribution in [-0.2, 0) is 17.6 Å². The van der Waals surface area contributed by atoms with Crippen molar-refractivity contribution in [3.63, 3.8) is 0 Å². The van der Waals surface area contributed by atoms with E-state index in [1.54, 1.807) is 31.0 Å². The summed E-state index contributed by atoms with van der Waals surface area (Å²) in [6, 6.07) is 4.13. The lowest BCUT2D eigenvalue weighted by Gasteiger charge is -2.29. The van der Waals surface area contributed by atoms with E-state index < -0.39 is 0 Å². The first-order chi connectivity index (χ1) is 15.5. The first kappa shape index (κ1) is 20.7. The predicted octanol–water partition coefficient (Wildman–Crippen LogP) is 4.29. The second kappa shape index (κ2) is 8.05. The molecular formula is C23H26N6O2S. The Morgan fingerprint density at radius 3 is 2.97 bits per heavy atom. The minimum atomic E-state index is 0.0240. The molecule has 4 aromatic rings. The SMILES string of the molecule is COc1cc2[nH]ncc2cc1Nc1ncnc2sc3c(c12)CCC(C(=O)N(C)C(C)C)C3. The molecule has 0 spiro atoms. The summed E-state index contributed by atoms with van der Waals surface area (Å²) >= 11 is 1.67. The third-order valence-electron chi connectivity index (χ3n) is 6.33. The van der Waals surface area contributed by atoms with Gasteiger partial charge in [-0.3, -0.25) is 9.89 Å². The van der Waals surface area contributed by atoms with Crippen molar-refractivity contribution in [2.75, 3.05) is 19.5 Å². The number of methoxy groups -OCH3 is 1. The number of aryl methyl sites for hydroxylation is 1. The zero-order valence-electron chi connectivity index (χ0n) is 18.6. The molecular weight excluding hydrogens is 424 g/mol. The maximum Gasteiger partial charge on any atom is 0.226 e. The molecule has 32 heavy (non-hydrogen) atoms. The van der Waals surface area contributed by atoms with Crippen molar-refractivity contribution in [1.29, 1.82) is 0 Å². The summed E-state index contributed by atoms with van der Waals surface area (Å²) in [5.74, 6) is 1.72. The summed E-state index contributed by atoms with van der Waals surface area (Å²) < 4.78 is 5.59. The van der Waals surface area contributed by atoms with E-state index in [0.29, 0.717) is 5.75 Å². The number of aromatic amines is 1. The van der Waals surface area contributed by atoms with Crippen LogP contribution in [0.3, 0.4) is 0 Å². The summed E-state index contributed by atoms with van der Waals surface area (Å²) in [6.07, 6.45) is 5.82. The Morgan fingerprint density at radius 1 is 1.34 bits per heavy atom. The fourth-order valence-electron chi connectivity index (χ4n) is 4.32. The number of thiophene rings is 1. The third kappa shape index (κ3) is 3.46. The highest BCUT2D eigenvalue weighted by molar-refractivity contribution is 7.19. The zero-order valence-corrected chi connectivity index (χ0v) is 19.4. The molecule has 1 atom stereocenters. The third-order valence-corrected chi connectivity index (χ3v) is 7.49. The normalized spacial score (nSPS) is 15.8. The second-order valence-corrected chi connectivity index (χ2v) is 9.61. The van der Waals surface area contributed by atoms with E-state index >= 15 is 0 Å². The number of anilines is 2. The van der Waals surface area contributed by atoms with Gasteiger partial charge in [-0.2, -0.15) is 5.10 Å². The van der Waals surface area contributed by atoms with Gasteiger partial charge in [0.1, 0.15) is 22.7 Å². The average Bonchev–Trinajstić information content (AvgIpc) is 3.40. The molecule has 3 heterocycles. The molecule has 9 heteroatoms. The number of benzene rings is 1. The number of carbonyl (C=O) groups excluding carboxylic acids is 1. The molecule has 0 aliphatic heterocycles. The fraction of sp³-hybridized carbons (Fsp3) is 0.391. The summed E-state index contributed by atoms with van der Waals surface area (Å²) in [6.45, 7) is 4.10. The molecule has 8 nitrogen and oxygen atoms in total. The zero-order chi connectivity index (χ0) is 22.4. The van der Waals surface area contributed by atoms with Gasteiger partial charge in [-0.25, -0.2) is 9.97 Å². The number of carbonyl (C=O) groups is 1. The lowest BCUT2D eigenvalue weighted by Crippen LogP contribution is -2.39. The molecule has 0 radical (unpaired) electrons. The molecule has 1 amide bonds. The average molecular weight is 451 g/mol. The van der Waals surface area contributed by atoms with Crippen LogP contribution in [0.2, 0.25) is 0 Å². The van der Waals surface area contributed by atoms with Crippen LogP contribution in [0.25, 0.3) is 21.1 Å². The Kier molecular flexibility index (Phi) is 5.21. The Bertz CT molecular complexity index is 1310. The van der Waals surface area contributed by atoms with Crippen molar-refractivity contribution in [3.05, 3.63) is 35.1 Å². The minimum Gasteiger partial charge on any atom is -0.494 e. The molecule has 5 rings (SSSR count). The van der Waals surface area contributed by atoms with Gasteiger partial charge in [0.05, 0.1) is 29.9 Å². The molecule has 166 valence electrons. The number of nitrogens with one attached hydrogen (secondary N) is 2. The minimum absolute atomic E-state index is 0.0240. The molecule has 1 aliphatic carbocycles. The number of rotatable bonds is 5. The Morgan fingerprint density at radius 2 is 2.19 bits per heavy atom. The maximum atomic E-state index is 12.9. The standard InChI is InChI=1S/C23H26N6O2S/c1-12(2)29(3)23(30)13-5-6-15-19(8-13)32-22-20(15)21(24-11-25-22)27-17-7-14-10-26-28-16(14)9-18(17)31-4/h7,9-13H,5-6,8H2,1-4H3,(H,26,28)(H,24,25,27). The van der Waals surface area contributed by atoms with Crippen LogP contribution >= 0.6 is 11.3 Å². The molecule has 1 aliphatic rings. The monoisotopic (exact) mass is 450 g/mol. The van der Waals surface area contributed by atoms with Crippen LogP contribution < -0.4 is 10.1 Å². The van der Waals surface area contributed by atoms with Gasteiger partial charge in [0.15, 0.2) is 0 Å². The molecule has 2 N–H and O–H groups in total. The van der Waals surface area contributed by atoms with Crippen molar-refractivity contribution in [3.8, 4) is 5.75 Å². The van der Waals surface area contributed by atoms with Crippen molar-refractivity contribution in [2.24, 2.45) is 5.92 Å². The van der Waals surface area contributed by atoms with Crippen LogP contribution in [0.4, 0.5) is 11.5 Å². The van der Waals surface area contributed by atoms with Gasteiger partial charge in [0.2, 0.25) is 5.91 Å². The number of ether oxygens (including phenoxy) is 1. The smallest absolute Gasteiger partial charge is 0.226 e. The maximum absolute atomic E-state index is 12.9. The molecule has 0 fully saturated rings. The van der Waals surface area contributed by atoms with E-state index in [9.17, 15) is 4.79 Å². The van der Waals surface area contributed by atoms with Gasteiger partial charge in [0.25, 0.3) is 0 Å². The van der Waals surface area contributed by atoms with Crippen molar-refractivity contribution in [2.45, 2.75) is 39.2 Å². The van der Waals surface area contributed by atoms with E-state index in [1.807, 2.05) is 37.9 Å². The lowest BCUT2D eigenvalue weighted by atomic mass is 9.86. The van der Waals surface area contributed by atoms with Crippen molar-refractivity contribution < 1.29 is 9.53 Å². The summed E-state index contributed by atoms with van der Waals surface area (Å²) in [7, 11) is 3.54. The number of aromatic nitrogens is 4. The van der Waals surface area contributed by atoms with Crippen LogP contribution in [-0.4, -0.2) is 51.2 Å². The first-order valence-electron chi connectivity index (χ1n) is 10.8. The molecule has 0 bridgehead atoms. The number of fused-ring (bicyclic) bond motifs is 4. The van der Waals surface area contributed by atoms with E-state index in [2.05, 4.69) is 25.5 Å². The largest absolute Gasteiger partial charge is 0.494 e. The molecule has 0 saturated carbocycles. The second-order valence-electron chi connectivity index (χ2n) is 8.52. The van der Waals surface area contributed by atoms with E-state index in [-0.39, 0.29) is 17.9 Å². The highest BCUT2D eigenvalue weighted by Gasteiger charge is 2.31. The quantitative estimate of drug-likeness (QED) is 0.471. The highest BCUT2D eigenvalue weighted by atomic mass is 32.1. The van der Waals surface area contributed by atoms with Gasteiger partial charge in [-0.05, 0) is 44.7 Å². The highest BCUT2D eigenvalue weighted by Crippen LogP contribution is 2.42. The lowest BCUT2D eigenvalue weighted by molar-refractivity contribution is -0.136. The van der Waals surface area contributed by atoms with Gasteiger partial charge in [0, 0.05) is 35.3 Å². The Balaban J connectivity index is 1.50. The van der Waals surface area contributed by atoms with E-state index in [4.69, 9.17) is 4.74 Å². The topological polar surface area (TPSA) is 96.0 Å². The number of amides is 1. The van der Waals surface area contributed by atoms with Crippen molar-refractivity contribution >= 4 is 49.9 Å². The number of H-pyrrole nitrogens is 1. The molecule has 0 saturated heterocycles. The summed E-state index contributed by atoms with van der Waals surface area (Å²) in [4.78, 5) is 26.0. The van der Waals surface area contributed by atoms with Gasteiger partial charge >= 0.3 is 0 Å².